The number of anilines is 1. The van der Waals surface area contributed by atoms with Crippen LogP contribution in [-0.2, 0) is 10.0 Å². The number of nitrogens with two attached hydrogens (primary N) is 1. The topological polar surface area (TPSA) is 66.6 Å². The molecule has 1 aromatic rings. The first kappa shape index (κ1) is 14.3. The summed E-state index contributed by atoms with van der Waals surface area (Å²) < 4.78 is 22.4. The molecule has 1 aliphatic rings. The standard InChI is InChI=1S/C13H21N3O2S/c1-15(2)12-4-3-9-16(10-12)11-5-7-13(8-6-11)19(14,17)18/h5-8,12H,3-4,9-10H2,1-2H3,(H2,14,17,18). The Balaban J connectivity index is 2.14. The summed E-state index contributed by atoms with van der Waals surface area (Å²) in [6.45, 7) is 1.99. The molecule has 0 bridgehead atoms. The van der Waals surface area contributed by atoms with E-state index in [0.29, 0.717) is 6.04 Å². The summed E-state index contributed by atoms with van der Waals surface area (Å²) in [5.41, 5.74) is 1.05. The summed E-state index contributed by atoms with van der Waals surface area (Å²) in [7, 11) is 0.590. The molecule has 0 aliphatic carbocycles. The number of hydrogen-bond donors (Lipinski definition) is 1. The zero-order chi connectivity index (χ0) is 14.0. The number of benzene rings is 1. The summed E-state index contributed by atoms with van der Waals surface area (Å²) in [4.78, 5) is 4.70. The van der Waals surface area contributed by atoms with Crippen LogP contribution in [0.2, 0.25) is 0 Å². The number of likely N-dealkylation sites (N-methyl/N-ethyl adjacent to an activating group) is 1. The number of rotatable bonds is 3. The average Bonchev–Trinajstić information content (AvgIpc) is 2.38. The Morgan fingerprint density at radius 1 is 1.26 bits per heavy atom. The zero-order valence-electron chi connectivity index (χ0n) is 11.4. The van der Waals surface area contributed by atoms with Gasteiger partial charge in [-0.1, -0.05) is 0 Å². The first-order valence-corrected chi connectivity index (χ1v) is 7.97. The van der Waals surface area contributed by atoms with Gasteiger partial charge in [-0.15, -0.1) is 0 Å². The van der Waals surface area contributed by atoms with E-state index in [2.05, 4.69) is 23.9 Å². The van der Waals surface area contributed by atoms with Crippen molar-refractivity contribution >= 4 is 15.7 Å². The van der Waals surface area contributed by atoms with E-state index >= 15 is 0 Å². The van der Waals surface area contributed by atoms with Gasteiger partial charge < -0.3 is 9.80 Å². The van der Waals surface area contributed by atoms with Crippen LogP contribution in [0.1, 0.15) is 12.8 Å². The SMILES string of the molecule is CN(C)C1CCCN(c2ccc(S(N)(=O)=O)cc2)C1. The fourth-order valence-corrected chi connectivity index (χ4v) is 2.97. The van der Waals surface area contributed by atoms with Gasteiger partial charge in [-0.05, 0) is 51.2 Å². The van der Waals surface area contributed by atoms with E-state index in [1.165, 1.54) is 6.42 Å². The molecule has 1 aromatic carbocycles. The van der Waals surface area contributed by atoms with Gasteiger partial charge in [0.2, 0.25) is 10.0 Å². The third kappa shape index (κ3) is 3.46. The van der Waals surface area contributed by atoms with Crippen LogP contribution in [0.5, 0.6) is 0 Å². The number of primary sulfonamides is 1. The van der Waals surface area contributed by atoms with Crippen molar-refractivity contribution in [2.75, 3.05) is 32.1 Å². The number of hydrogen-bond acceptors (Lipinski definition) is 4. The molecule has 0 radical (unpaired) electrons. The van der Waals surface area contributed by atoms with E-state index in [4.69, 9.17) is 5.14 Å². The van der Waals surface area contributed by atoms with Gasteiger partial charge in [-0.25, -0.2) is 13.6 Å². The Morgan fingerprint density at radius 3 is 2.42 bits per heavy atom. The Labute approximate surface area is 115 Å². The molecule has 0 aromatic heterocycles. The average molecular weight is 283 g/mol. The lowest BCUT2D eigenvalue weighted by Gasteiger charge is -2.37. The first-order valence-electron chi connectivity index (χ1n) is 6.42. The second-order valence-electron chi connectivity index (χ2n) is 5.24. The lowest BCUT2D eigenvalue weighted by atomic mass is 10.0. The van der Waals surface area contributed by atoms with Crippen molar-refractivity contribution in [3.05, 3.63) is 24.3 Å². The van der Waals surface area contributed by atoms with Crippen molar-refractivity contribution in [1.82, 2.24) is 4.90 Å². The molecule has 1 atom stereocenters. The normalized spacial score (nSPS) is 20.8. The van der Waals surface area contributed by atoms with Crippen LogP contribution in [0, 0.1) is 0 Å². The molecule has 2 N–H and O–H groups in total. The molecule has 1 unspecified atom stereocenters. The fourth-order valence-electron chi connectivity index (χ4n) is 2.46. The Kier molecular flexibility index (Phi) is 4.13. The highest BCUT2D eigenvalue weighted by Crippen LogP contribution is 2.22. The predicted molar refractivity (Wildman–Crippen MR) is 76.7 cm³/mol. The van der Waals surface area contributed by atoms with Crippen molar-refractivity contribution < 1.29 is 8.42 Å². The van der Waals surface area contributed by atoms with E-state index in [9.17, 15) is 8.42 Å². The molecule has 5 nitrogen and oxygen atoms in total. The summed E-state index contributed by atoms with van der Waals surface area (Å²) in [5, 5.41) is 5.10. The third-order valence-electron chi connectivity index (χ3n) is 3.66. The van der Waals surface area contributed by atoms with E-state index < -0.39 is 10.0 Å². The van der Waals surface area contributed by atoms with Gasteiger partial charge in [0.15, 0.2) is 0 Å². The Bertz CT molecular complexity index is 525. The van der Waals surface area contributed by atoms with Crippen LogP contribution in [0.3, 0.4) is 0 Å². The van der Waals surface area contributed by atoms with Gasteiger partial charge >= 0.3 is 0 Å². The molecule has 0 saturated carbocycles. The molecule has 0 spiro atoms. The van der Waals surface area contributed by atoms with E-state index in [0.717, 1.165) is 25.2 Å². The molecular weight excluding hydrogens is 262 g/mol. The van der Waals surface area contributed by atoms with E-state index in [1.54, 1.807) is 12.1 Å². The van der Waals surface area contributed by atoms with Crippen LogP contribution in [0.4, 0.5) is 5.69 Å². The zero-order valence-corrected chi connectivity index (χ0v) is 12.2. The molecule has 19 heavy (non-hydrogen) atoms. The van der Waals surface area contributed by atoms with E-state index in [1.807, 2.05) is 12.1 Å². The highest BCUT2D eigenvalue weighted by atomic mass is 32.2. The molecule has 1 fully saturated rings. The summed E-state index contributed by atoms with van der Waals surface area (Å²) in [5.74, 6) is 0. The van der Waals surface area contributed by atoms with Gasteiger partial charge in [0.1, 0.15) is 0 Å². The quantitative estimate of drug-likeness (QED) is 0.893. The molecule has 6 heteroatoms. The molecule has 2 rings (SSSR count). The molecule has 1 heterocycles. The van der Waals surface area contributed by atoms with Gasteiger partial charge in [-0.2, -0.15) is 0 Å². The van der Waals surface area contributed by atoms with Crippen LogP contribution < -0.4 is 10.0 Å². The molecule has 0 amide bonds. The monoisotopic (exact) mass is 283 g/mol. The van der Waals surface area contributed by atoms with Crippen LogP contribution in [-0.4, -0.2) is 46.5 Å². The number of nitrogens with zero attached hydrogens (tertiary/aromatic N) is 2. The maximum Gasteiger partial charge on any atom is 0.238 e. The summed E-state index contributed by atoms with van der Waals surface area (Å²) in [6.07, 6.45) is 2.36. The second kappa shape index (κ2) is 5.48. The number of piperidine rings is 1. The van der Waals surface area contributed by atoms with Crippen LogP contribution in [0.15, 0.2) is 29.2 Å². The minimum Gasteiger partial charge on any atom is -0.370 e. The van der Waals surface area contributed by atoms with Crippen LogP contribution in [0.25, 0.3) is 0 Å². The lowest BCUT2D eigenvalue weighted by molar-refractivity contribution is 0.258. The van der Waals surface area contributed by atoms with Crippen molar-refractivity contribution in [3.63, 3.8) is 0 Å². The molecule has 1 aliphatic heterocycles. The first-order chi connectivity index (χ1) is 8.88. The molecule has 1 saturated heterocycles. The smallest absolute Gasteiger partial charge is 0.238 e. The largest absolute Gasteiger partial charge is 0.370 e. The molecular formula is C13H21N3O2S. The minimum absolute atomic E-state index is 0.164. The maximum atomic E-state index is 11.2. The fraction of sp³-hybridized carbons (Fsp3) is 0.538. The van der Waals surface area contributed by atoms with E-state index in [-0.39, 0.29) is 4.90 Å². The summed E-state index contributed by atoms with van der Waals surface area (Å²) in [6, 6.07) is 7.36. The predicted octanol–water partition coefficient (Wildman–Crippen LogP) is 0.864. The van der Waals surface area contributed by atoms with Gasteiger partial charge in [-0.3, -0.25) is 0 Å². The van der Waals surface area contributed by atoms with Crippen molar-refractivity contribution in [1.29, 1.82) is 0 Å². The molecule has 106 valence electrons. The highest BCUT2D eigenvalue weighted by molar-refractivity contribution is 7.89. The Hall–Kier alpha value is -1.11. The van der Waals surface area contributed by atoms with Crippen molar-refractivity contribution in [2.24, 2.45) is 5.14 Å². The second-order valence-corrected chi connectivity index (χ2v) is 6.81. The third-order valence-corrected chi connectivity index (χ3v) is 4.59. The summed E-state index contributed by atoms with van der Waals surface area (Å²) >= 11 is 0. The minimum atomic E-state index is -3.60. The maximum absolute atomic E-state index is 11.2. The number of sulfonamides is 1. The van der Waals surface area contributed by atoms with Crippen molar-refractivity contribution in [2.45, 2.75) is 23.8 Å². The Morgan fingerprint density at radius 2 is 1.89 bits per heavy atom. The van der Waals surface area contributed by atoms with Crippen molar-refractivity contribution in [3.8, 4) is 0 Å². The highest BCUT2D eigenvalue weighted by Gasteiger charge is 2.21. The lowest BCUT2D eigenvalue weighted by Crippen LogP contribution is -2.45. The van der Waals surface area contributed by atoms with Gasteiger partial charge in [0, 0.05) is 24.8 Å². The van der Waals surface area contributed by atoms with Gasteiger partial charge in [0.25, 0.3) is 0 Å². The van der Waals surface area contributed by atoms with Crippen LogP contribution >= 0.6 is 0 Å². The van der Waals surface area contributed by atoms with Gasteiger partial charge in [0.05, 0.1) is 4.90 Å².